The minimum Gasteiger partial charge on any atom is -0.491 e. The molecular weight excluding hydrogens is 354 g/mol. The van der Waals surface area contributed by atoms with Crippen molar-refractivity contribution in [2.75, 3.05) is 0 Å². The van der Waals surface area contributed by atoms with Crippen molar-refractivity contribution < 1.29 is 14.3 Å². The summed E-state index contributed by atoms with van der Waals surface area (Å²) in [5, 5.41) is 6.39. The Bertz CT molecular complexity index is 810. The molecule has 0 unspecified atom stereocenters. The summed E-state index contributed by atoms with van der Waals surface area (Å²) in [7, 11) is 0. The average Bonchev–Trinajstić information content (AvgIpc) is 2.67. The standard InChI is InChI=1S/C22H27N3O3/c1-15(2)19-9-5-17(6-10-19)13-23-21(26)22(27)25-24-14-18-7-11-20(12-8-18)28-16(3)4/h5-12,14-16H,13H2,1-4H3,(H,23,26)(H,25,27)/b24-14-. The van der Waals surface area contributed by atoms with Gasteiger partial charge in [0.2, 0.25) is 0 Å². The van der Waals surface area contributed by atoms with E-state index in [2.05, 4.69) is 29.7 Å². The lowest BCUT2D eigenvalue weighted by molar-refractivity contribution is -0.139. The summed E-state index contributed by atoms with van der Waals surface area (Å²) in [6.07, 6.45) is 1.57. The zero-order chi connectivity index (χ0) is 20.5. The molecule has 28 heavy (non-hydrogen) atoms. The first kappa shape index (κ1) is 21.2. The second-order valence-corrected chi connectivity index (χ2v) is 7.01. The number of carbonyl (C=O) groups excluding carboxylic acids is 2. The van der Waals surface area contributed by atoms with E-state index in [4.69, 9.17) is 4.74 Å². The van der Waals surface area contributed by atoms with Gasteiger partial charge in [-0.25, -0.2) is 5.43 Å². The van der Waals surface area contributed by atoms with E-state index in [1.807, 2.05) is 62.4 Å². The topological polar surface area (TPSA) is 79.8 Å². The molecule has 0 atom stereocenters. The first-order valence-electron chi connectivity index (χ1n) is 9.32. The number of benzene rings is 2. The van der Waals surface area contributed by atoms with Gasteiger partial charge in [0.15, 0.2) is 0 Å². The molecule has 2 amide bonds. The van der Waals surface area contributed by atoms with Crippen LogP contribution in [-0.4, -0.2) is 24.1 Å². The zero-order valence-electron chi connectivity index (χ0n) is 16.7. The van der Waals surface area contributed by atoms with E-state index < -0.39 is 11.8 Å². The highest BCUT2D eigenvalue weighted by molar-refractivity contribution is 6.35. The summed E-state index contributed by atoms with van der Waals surface area (Å²) in [4.78, 5) is 23.7. The molecule has 0 radical (unpaired) electrons. The Morgan fingerprint density at radius 1 is 0.964 bits per heavy atom. The number of hydrazone groups is 1. The summed E-state index contributed by atoms with van der Waals surface area (Å²) in [6.45, 7) is 8.43. The molecule has 0 aromatic heterocycles. The van der Waals surface area contributed by atoms with Crippen molar-refractivity contribution in [1.82, 2.24) is 10.7 Å². The van der Waals surface area contributed by atoms with Crippen LogP contribution in [0, 0.1) is 0 Å². The number of hydrogen-bond donors (Lipinski definition) is 2. The van der Waals surface area contributed by atoms with Crippen LogP contribution >= 0.6 is 0 Å². The maximum Gasteiger partial charge on any atom is 0.329 e. The van der Waals surface area contributed by atoms with E-state index in [0.29, 0.717) is 5.92 Å². The highest BCUT2D eigenvalue weighted by Gasteiger charge is 2.12. The van der Waals surface area contributed by atoms with Gasteiger partial charge in [0.25, 0.3) is 0 Å². The third-order valence-corrected chi connectivity index (χ3v) is 3.94. The molecule has 2 N–H and O–H groups in total. The van der Waals surface area contributed by atoms with Gasteiger partial charge in [-0.05, 0) is 60.7 Å². The van der Waals surface area contributed by atoms with Gasteiger partial charge < -0.3 is 10.1 Å². The predicted octanol–water partition coefficient (Wildman–Crippen LogP) is 3.36. The summed E-state index contributed by atoms with van der Waals surface area (Å²) < 4.78 is 5.56. The smallest absolute Gasteiger partial charge is 0.329 e. The van der Waals surface area contributed by atoms with E-state index in [1.54, 1.807) is 0 Å². The number of ether oxygens (including phenoxy) is 1. The van der Waals surface area contributed by atoms with Crippen LogP contribution in [-0.2, 0) is 16.1 Å². The first-order chi connectivity index (χ1) is 13.3. The molecule has 0 aliphatic heterocycles. The molecule has 0 bridgehead atoms. The Labute approximate surface area is 166 Å². The Morgan fingerprint density at radius 2 is 1.61 bits per heavy atom. The van der Waals surface area contributed by atoms with Gasteiger partial charge in [-0.15, -0.1) is 0 Å². The van der Waals surface area contributed by atoms with Gasteiger partial charge in [-0.1, -0.05) is 38.1 Å². The predicted molar refractivity (Wildman–Crippen MR) is 110 cm³/mol. The van der Waals surface area contributed by atoms with Gasteiger partial charge >= 0.3 is 11.8 Å². The number of nitrogens with one attached hydrogen (secondary N) is 2. The lowest BCUT2D eigenvalue weighted by atomic mass is 10.0. The molecule has 0 heterocycles. The quantitative estimate of drug-likeness (QED) is 0.438. The van der Waals surface area contributed by atoms with Gasteiger partial charge in [0.1, 0.15) is 5.75 Å². The fourth-order valence-electron chi connectivity index (χ4n) is 2.40. The maximum absolute atomic E-state index is 11.9. The van der Waals surface area contributed by atoms with E-state index >= 15 is 0 Å². The van der Waals surface area contributed by atoms with E-state index in [-0.39, 0.29) is 12.6 Å². The monoisotopic (exact) mass is 381 g/mol. The summed E-state index contributed by atoms with van der Waals surface area (Å²) in [5.41, 5.74) is 5.16. The molecule has 6 heteroatoms. The number of nitrogens with zero attached hydrogens (tertiary/aromatic N) is 1. The zero-order valence-corrected chi connectivity index (χ0v) is 16.7. The highest BCUT2D eigenvalue weighted by atomic mass is 16.5. The van der Waals surface area contributed by atoms with Crippen LogP contribution in [0.5, 0.6) is 5.75 Å². The Morgan fingerprint density at radius 3 is 2.18 bits per heavy atom. The SMILES string of the molecule is CC(C)Oc1ccc(/C=N\NC(=O)C(=O)NCc2ccc(C(C)C)cc2)cc1. The van der Waals surface area contributed by atoms with E-state index in [9.17, 15) is 9.59 Å². The molecule has 6 nitrogen and oxygen atoms in total. The van der Waals surface area contributed by atoms with Crippen molar-refractivity contribution in [2.45, 2.75) is 46.3 Å². The number of hydrogen-bond acceptors (Lipinski definition) is 4. The third-order valence-electron chi connectivity index (χ3n) is 3.94. The maximum atomic E-state index is 11.9. The van der Waals surface area contributed by atoms with Crippen molar-refractivity contribution in [3.63, 3.8) is 0 Å². The molecule has 2 rings (SSSR count). The molecule has 0 spiro atoms. The largest absolute Gasteiger partial charge is 0.491 e. The minimum absolute atomic E-state index is 0.102. The van der Waals surface area contributed by atoms with Crippen molar-refractivity contribution in [3.8, 4) is 5.75 Å². The average molecular weight is 381 g/mol. The fraction of sp³-hybridized carbons (Fsp3) is 0.318. The molecule has 2 aromatic rings. The Balaban J connectivity index is 1.78. The normalized spacial score (nSPS) is 11.1. The van der Waals surface area contributed by atoms with Gasteiger partial charge in [0, 0.05) is 6.54 Å². The van der Waals surface area contributed by atoms with Gasteiger partial charge in [-0.3, -0.25) is 9.59 Å². The molecule has 0 saturated carbocycles. The van der Waals surface area contributed by atoms with Gasteiger partial charge in [0.05, 0.1) is 12.3 Å². The second-order valence-electron chi connectivity index (χ2n) is 7.01. The summed E-state index contributed by atoms with van der Waals surface area (Å²) in [5.74, 6) is -0.330. The summed E-state index contributed by atoms with van der Waals surface area (Å²) in [6, 6.07) is 15.2. The lowest BCUT2D eigenvalue weighted by Crippen LogP contribution is -2.37. The first-order valence-corrected chi connectivity index (χ1v) is 9.32. The van der Waals surface area contributed by atoms with Crippen molar-refractivity contribution in [1.29, 1.82) is 0 Å². The minimum atomic E-state index is -0.810. The molecule has 2 aromatic carbocycles. The van der Waals surface area contributed by atoms with Crippen LogP contribution in [0.3, 0.4) is 0 Å². The number of amides is 2. The summed E-state index contributed by atoms with van der Waals surface area (Å²) >= 11 is 0. The van der Waals surface area contributed by atoms with Crippen LogP contribution < -0.4 is 15.5 Å². The fourth-order valence-corrected chi connectivity index (χ4v) is 2.40. The van der Waals surface area contributed by atoms with Crippen molar-refractivity contribution in [2.24, 2.45) is 5.10 Å². The van der Waals surface area contributed by atoms with Crippen molar-refractivity contribution >= 4 is 18.0 Å². The van der Waals surface area contributed by atoms with E-state index in [0.717, 1.165) is 16.9 Å². The molecule has 0 saturated heterocycles. The molecule has 0 aliphatic rings. The molecule has 0 aliphatic carbocycles. The van der Waals surface area contributed by atoms with Crippen LogP contribution in [0.1, 0.15) is 50.3 Å². The highest BCUT2D eigenvalue weighted by Crippen LogP contribution is 2.14. The molecule has 0 fully saturated rings. The molecule has 148 valence electrons. The number of rotatable bonds is 7. The van der Waals surface area contributed by atoms with Crippen LogP contribution in [0.25, 0.3) is 0 Å². The third kappa shape index (κ3) is 6.87. The van der Waals surface area contributed by atoms with E-state index in [1.165, 1.54) is 11.8 Å². The number of carbonyl (C=O) groups is 2. The second kappa shape index (κ2) is 10.3. The van der Waals surface area contributed by atoms with Crippen LogP contribution in [0.15, 0.2) is 53.6 Å². The van der Waals surface area contributed by atoms with Crippen LogP contribution in [0.2, 0.25) is 0 Å². The lowest BCUT2D eigenvalue weighted by Gasteiger charge is -2.09. The Kier molecular flexibility index (Phi) is 7.75. The Hall–Kier alpha value is -3.15. The van der Waals surface area contributed by atoms with Crippen LogP contribution in [0.4, 0.5) is 0 Å². The molecular formula is C22H27N3O3. The van der Waals surface area contributed by atoms with Gasteiger partial charge in [-0.2, -0.15) is 5.10 Å². The van der Waals surface area contributed by atoms with Crippen molar-refractivity contribution in [3.05, 3.63) is 65.2 Å².